The van der Waals surface area contributed by atoms with E-state index in [0.717, 1.165) is 4.68 Å². The molecule has 0 radical (unpaired) electrons. The third-order valence-corrected chi connectivity index (χ3v) is 2.76. The van der Waals surface area contributed by atoms with Crippen LogP contribution >= 0.6 is 0 Å². The van der Waals surface area contributed by atoms with Crippen LogP contribution in [0.3, 0.4) is 0 Å². The van der Waals surface area contributed by atoms with Crippen LogP contribution in [0.25, 0.3) is 11.3 Å². The molecule has 0 fully saturated rings. The molecule has 1 aromatic heterocycles. The van der Waals surface area contributed by atoms with E-state index >= 15 is 0 Å². The first kappa shape index (κ1) is 13.3. The van der Waals surface area contributed by atoms with Crippen LogP contribution < -0.4 is 11.6 Å². The molecule has 0 atom stereocenters. The van der Waals surface area contributed by atoms with Crippen molar-refractivity contribution >= 4 is 5.82 Å². The molecule has 0 aliphatic rings. The van der Waals surface area contributed by atoms with Crippen molar-refractivity contribution in [3.63, 3.8) is 0 Å². The van der Waals surface area contributed by atoms with Crippen LogP contribution in [0.2, 0.25) is 0 Å². The number of nitrogens with two attached hydrogens (primary N) is 2. The summed E-state index contributed by atoms with van der Waals surface area (Å²) in [7, 11) is 0. The van der Waals surface area contributed by atoms with Gasteiger partial charge < -0.3 is 11.6 Å². The van der Waals surface area contributed by atoms with Gasteiger partial charge in [0, 0.05) is 17.5 Å². The quantitative estimate of drug-likeness (QED) is 0.650. The highest BCUT2D eigenvalue weighted by molar-refractivity contribution is 5.71. The largest absolute Gasteiger partial charge is 0.382 e. The average molecular weight is 270 g/mol. The van der Waals surface area contributed by atoms with E-state index < -0.39 is 17.5 Å². The zero-order chi connectivity index (χ0) is 14.3. The van der Waals surface area contributed by atoms with Crippen LogP contribution in [0.1, 0.15) is 25.6 Å². The van der Waals surface area contributed by atoms with Gasteiger partial charge in [0.15, 0.2) is 17.5 Å². The van der Waals surface area contributed by atoms with Gasteiger partial charge in [-0.2, -0.15) is 0 Å². The summed E-state index contributed by atoms with van der Waals surface area (Å²) in [5.41, 5.74) is 5.51. The maximum absolute atomic E-state index is 13.7. The Morgan fingerprint density at radius 2 is 1.68 bits per heavy atom. The van der Waals surface area contributed by atoms with Crippen molar-refractivity contribution in [1.82, 2.24) is 9.66 Å². The molecule has 0 saturated heterocycles. The molecule has 2 aromatic rings. The van der Waals surface area contributed by atoms with E-state index in [1.165, 1.54) is 0 Å². The molecule has 0 aliphatic carbocycles. The standard InChI is InChI=1S/C12H13F3N4/c1-5(2)12-18-10(11(16)19(12)17)6-3-8(14)9(15)4-7(6)13/h3-5H,16-17H2,1-2H3. The number of anilines is 1. The second kappa shape index (κ2) is 4.49. The number of rotatable bonds is 2. The summed E-state index contributed by atoms with van der Waals surface area (Å²) in [5.74, 6) is 2.69. The number of imidazole rings is 1. The van der Waals surface area contributed by atoms with Gasteiger partial charge >= 0.3 is 0 Å². The molecule has 1 aromatic carbocycles. The number of hydrogen-bond donors (Lipinski definition) is 2. The van der Waals surface area contributed by atoms with Gasteiger partial charge in [-0.25, -0.2) is 22.8 Å². The Morgan fingerprint density at radius 3 is 2.21 bits per heavy atom. The lowest BCUT2D eigenvalue weighted by molar-refractivity contribution is 0.496. The lowest BCUT2D eigenvalue weighted by Gasteiger charge is -2.04. The Morgan fingerprint density at radius 1 is 1.11 bits per heavy atom. The van der Waals surface area contributed by atoms with E-state index in [4.69, 9.17) is 11.6 Å². The lowest BCUT2D eigenvalue weighted by atomic mass is 10.1. The molecule has 0 unspecified atom stereocenters. The maximum atomic E-state index is 13.7. The third kappa shape index (κ3) is 2.11. The van der Waals surface area contributed by atoms with Gasteiger partial charge in [-0.3, -0.25) is 0 Å². The molecule has 1 heterocycles. The van der Waals surface area contributed by atoms with E-state index in [9.17, 15) is 13.2 Å². The molecule has 4 nitrogen and oxygen atoms in total. The minimum absolute atomic E-state index is 0.00241. The molecular weight excluding hydrogens is 257 g/mol. The first-order valence-corrected chi connectivity index (χ1v) is 5.61. The van der Waals surface area contributed by atoms with Gasteiger partial charge in [0.1, 0.15) is 17.3 Å². The van der Waals surface area contributed by atoms with Gasteiger partial charge in [-0.05, 0) is 6.07 Å². The molecule has 0 spiro atoms. The predicted molar refractivity (Wildman–Crippen MR) is 66.2 cm³/mol. The van der Waals surface area contributed by atoms with Crippen molar-refractivity contribution in [2.24, 2.45) is 0 Å². The zero-order valence-electron chi connectivity index (χ0n) is 10.4. The van der Waals surface area contributed by atoms with Crippen molar-refractivity contribution < 1.29 is 13.2 Å². The van der Waals surface area contributed by atoms with Crippen LogP contribution in [-0.4, -0.2) is 9.66 Å². The fourth-order valence-electron chi connectivity index (χ4n) is 1.77. The smallest absolute Gasteiger partial charge is 0.161 e. The minimum atomic E-state index is -1.27. The highest BCUT2D eigenvalue weighted by atomic mass is 19.2. The number of nitrogen functional groups attached to an aromatic ring is 2. The first-order chi connectivity index (χ1) is 8.82. The topological polar surface area (TPSA) is 69.9 Å². The second-order valence-electron chi connectivity index (χ2n) is 4.47. The van der Waals surface area contributed by atoms with E-state index in [-0.39, 0.29) is 23.0 Å². The van der Waals surface area contributed by atoms with Gasteiger partial charge in [-0.1, -0.05) is 13.8 Å². The number of halogens is 3. The van der Waals surface area contributed by atoms with Crippen molar-refractivity contribution in [1.29, 1.82) is 0 Å². The molecule has 0 bridgehead atoms. The Labute approximate surface area is 107 Å². The van der Waals surface area contributed by atoms with Crippen LogP contribution in [-0.2, 0) is 0 Å². The summed E-state index contributed by atoms with van der Waals surface area (Å²) in [4.78, 5) is 4.09. The molecule has 19 heavy (non-hydrogen) atoms. The summed E-state index contributed by atoms with van der Waals surface area (Å²) < 4.78 is 40.9. The van der Waals surface area contributed by atoms with E-state index in [0.29, 0.717) is 18.0 Å². The third-order valence-electron chi connectivity index (χ3n) is 2.76. The van der Waals surface area contributed by atoms with Gasteiger partial charge in [-0.15, -0.1) is 0 Å². The molecular formula is C12H13F3N4. The molecule has 4 N–H and O–H groups in total. The van der Waals surface area contributed by atoms with Gasteiger partial charge in [0.25, 0.3) is 0 Å². The Balaban J connectivity index is 2.66. The molecule has 0 aliphatic heterocycles. The minimum Gasteiger partial charge on any atom is -0.382 e. The lowest BCUT2D eigenvalue weighted by Crippen LogP contribution is -2.16. The molecule has 0 amide bonds. The van der Waals surface area contributed by atoms with Crippen LogP contribution in [0, 0.1) is 17.5 Å². The summed E-state index contributed by atoms with van der Waals surface area (Å²) in [6.07, 6.45) is 0. The van der Waals surface area contributed by atoms with Crippen molar-refractivity contribution in [2.45, 2.75) is 19.8 Å². The number of aromatic nitrogens is 2. The maximum Gasteiger partial charge on any atom is 0.161 e. The summed E-state index contributed by atoms with van der Waals surface area (Å²) in [6.45, 7) is 3.66. The Bertz CT molecular complexity index is 634. The number of benzene rings is 1. The summed E-state index contributed by atoms with van der Waals surface area (Å²) >= 11 is 0. The molecule has 0 saturated carbocycles. The fraction of sp³-hybridized carbons (Fsp3) is 0.250. The van der Waals surface area contributed by atoms with Crippen LogP contribution in [0.5, 0.6) is 0 Å². The van der Waals surface area contributed by atoms with Crippen molar-refractivity contribution in [3.8, 4) is 11.3 Å². The highest BCUT2D eigenvalue weighted by Gasteiger charge is 2.21. The van der Waals surface area contributed by atoms with Gasteiger partial charge in [0.05, 0.1) is 0 Å². The van der Waals surface area contributed by atoms with E-state index in [1.54, 1.807) is 0 Å². The first-order valence-electron chi connectivity index (χ1n) is 5.61. The summed E-state index contributed by atoms with van der Waals surface area (Å²) in [5, 5.41) is 0. The number of nitrogens with zero attached hydrogens (tertiary/aromatic N) is 2. The second-order valence-corrected chi connectivity index (χ2v) is 4.47. The highest BCUT2D eigenvalue weighted by Crippen LogP contribution is 2.30. The Hall–Kier alpha value is -2.18. The zero-order valence-corrected chi connectivity index (χ0v) is 10.4. The summed E-state index contributed by atoms with van der Waals surface area (Å²) in [6, 6.07) is 1.17. The van der Waals surface area contributed by atoms with Crippen LogP contribution in [0.4, 0.5) is 19.0 Å². The van der Waals surface area contributed by atoms with E-state index in [2.05, 4.69) is 4.98 Å². The molecule has 102 valence electrons. The monoisotopic (exact) mass is 270 g/mol. The number of hydrogen-bond acceptors (Lipinski definition) is 3. The SMILES string of the molecule is CC(C)c1nc(-c2cc(F)c(F)cc2F)c(N)n1N. The van der Waals surface area contributed by atoms with Crippen molar-refractivity contribution in [3.05, 3.63) is 35.4 Å². The Kier molecular flexibility index (Phi) is 3.13. The molecule has 7 heteroatoms. The van der Waals surface area contributed by atoms with Crippen LogP contribution in [0.15, 0.2) is 12.1 Å². The van der Waals surface area contributed by atoms with Crippen molar-refractivity contribution in [2.75, 3.05) is 11.6 Å². The van der Waals surface area contributed by atoms with Gasteiger partial charge in [0.2, 0.25) is 0 Å². The predicted octanol–water partition coefficient (Wildman–Crippen LogP) is 2.39. The fourth-order valence-corrected chi connectivity index (χ4v) is 1.77. The molecule has 2 rings (SSSR count). The average Bonchev–Trinajstić information content (AvgIpc) is 2.62. The van der Waals surface area contributed by atoms with E-state index in [1.807, 2.05) is 13.8 Å². The normalized spacial score (nSPS) is 11.3.